The number of nitrogens with one attached hydrogen (secondary N) is 1. The van der Waals surface area contributed by atoms with Crippen LogP contribution in [0.15, 0.2) is 22.7 Å². The zero-order chi connectivity index (χ0) is 12.0. The van der Waals surface area contributed by atoms with Crippen LogP contribution in [0.4, 0.5) is 4.79 Å². The molecule has 0 aliphatic heterocycles. The predicted octanol–water partition coefficient (Wildman–Crippen LogP) is 3.14. The predicted molar refractivity (Wildman–Crippen MR) is 65.3 cm³/mol. The Morgan fingerprint density at radius 3 is 3.00 bits per heavy atom. The molecule has 0 bridgehead atoms. The van der Waals surface area contributed by atoms with E-state index in [1.807, 2.05) is 12.1 Å². The molecule has 1 aromatic carbocycles. The van der Waals surface area contributed by atoms with Gasteiger partial charge in [0.15, 0.2) is 0 Å². The molecule has 0 fully saturated rings. The normalized spacial score (nSPS) is 9.88. The molecule has 1 amide bonds. The summed E-state index contributed by atoms with van der Waals surface area (Å²) in [6, 6.07) is 5.40. The summed E-state index contributed by atoms with van der Waals surface area (Å²) in [6.45, 7) is 0.775. The zero-order valence-corrected chi connectivity index (χ0v) is 10.7. The van der Waals surface area contributed by atoms with Gasteiger partial charge < -0.3 is 15.2 Å². The van der Waals surface area contributed by atoms with Crippen molar-refractivity contribution in [3.63, 3.8) is 0 Å². The Morgan fingerprint density at radius 2 is 2.31 bits per heavy atom. The van der Waals surface area contributed by atoms with Crippen molar-refractivity contribution in [1.82, 2.24) is 5.32 Å². The Balaban J connectivity index is 2.32. The number of ether oxygens (including phenoxy) is 1. The van der Waals surface area contributed by atoms with Crippen LogP contribution in [0.2, 0.25) is 5.02 Å². The average Bonchev–Trinajstić information content (AvgIpc) is 2.23. The number of rotatable bonds is 5. The van der Waals surface area contributed by atoms with E-state index in [9.17, 15) is 4.79 Å². The number of carbonyl (C=O) groups is 1. The van der Waals surface area contributed by atoms with Gasteiger partial charge in [-0.1, -0.05) is 17.7 Å². The maximum absolute atomic E-state index is 10.2. The van der Waals surface area contributed by atoms with Gasteiger partial charge in [0.1, 0.15) is 5.75 Å². The quantitative estimate of drug-likeness (QED) is 0.822. The standard InChI is InChI=1S/C10H11BrClNO3/c11-7-3-1-4-8(9(7)12)16-6-2-5-13-10(14)15/h1,3-4,13H,2,5-6H2,(H,14,15). The van der Waals surface area contributed by atoms with Crippen LogP contribution < -0.4 is 10.1 Å². The molecule has 1 aromatic rings. The summed E-state index contributed by atoms with van der Waals surface area (Å²) < 4.78 is 6.18. The van der Waals surface area contributed by atoms with Crippen molar-refractivity contribution in [3.8, 4) is 5.75 Å². The largest absolute Gasteiger partial charge is 0.492 e. The Kier molecular flexibility index (Phi) is 5.42. The fourth-order valence-corrected chi connectivity index (χ4v) is 1.57. The summed E-state index contributed by atoms with van der Waals surface area (Å²) in [4.78, 5) is 10.2. The average molecular weight is 309 g/mol. The van der Waals surface area contributed by atoms with Crippen LogP contribution in [-0.4, -0.2) is 24.4 Å². The highest BCUT2D eigenvalue weighted by atomic mass is 79.9. The second-order valence-electron chi connectivity index (χ2n) is 2.99. The summed E-state index contributed by atoms with van der Waals surface area (Å²) in [5, 5.41) is 11.1. The van der Waals surface area contributed by atoms with Crippen LogP contribution in [0, 0.1) is 0 Å². The van der Waals surface area contributed by atoms with Crippen molar-refractivity contribution in [1.29, 1.82) is 0 Å². The van der Waals surface area contributed by atoms with E-state index in [-0.39, 0.29) is 0 Å². The number of halogens is 2. The summed E-state index contributed by atoms with van der Waals surface area (Å²) in [5.41, 5.74) is 0. The molecule has 0 heterocycles. The molecular weight excluding hydrogens is 297 g/mol. The number of carboxylic acid groups (broad SMARTS) is 1. The Labute approximate surface area is 107 Å². The minimum Gasteiger partial charge on any atom is -0.492 e. The second-order valence-corrected chi connectivity index (χ2v) is 4.22. The third-order valence-corrected chi connectivity index (χ3v) is 3.05. The van der Waals surface area contributed by atoms with Gasteiger partial charge in [-0.15, -0.1) is 0 Å². The van der Waals surface area contributed by atoms with E-state index >= 15 is 0 Å². The summed E-state index contributed by atoms with van der Waals surface area (Å²) in [5.74, 6) is 0.589. The highest BCUT2D eigenvalue weighted by Gasteiger charge is 2.04. The van der Waals surface area contributed by atoms with E-state index in [0.717, 1.165) is 4.47 Å². The molecule has 0 saturated heterocycles. The maximum Gasteiger partial charge on any atom is 0.404 e. The molecular formula is C10H11BrClNO3. The molecule has 0 spiro atoms. The monoisotopic (exact) mass is 307 g/mol. The van der Waals surface area contributed by atoms with Crippen molar-refractivity contribution in [2.24, 2.45) is 0 Å². The van der Waals surface area contributed by atoms with Crippen molar-refractivity contribution < 1.29 is 14.6 Å². The van der Waals surface area contributed by atoms with Crippen molar-refractivity contribution in [2.45, 2.75) is 6.42 Å². The van der Waals surface area contributed by atoms with E-state index in [0.29, 0.717) is 30.3 Å². The van der Waals surface area contributed by atoms with Crippen LogP contribution in [0.5, 0.6) is 5.75 Å². The first kappa shape index (κ1) is 13.1. The number of benzene rings is 1. The first-order valence-corrected chi connectivity index (χ1v) is 5.82. The second kappa shape index (κ2) is 6.60. The van der Waals surface area contributed by atoms with Crippen LogP contribution >= 0.6 is 27.5 Å². The summed E-state index contributed by atoms with van der Waals surface area (Å²) in [6.07, 6.45) is -0.435. The summed E-state index contributed by atoms with van der Waals surface area (Å²) >= 11 is 9.26. The Bertz CT molecular complexity index is 373. The fourth-order valence-electron chi connectivity index (χ4n) is 1.05. The molecule has 0 radical (unpaired) electrons. The van der Waals surface area contributed by atoms with Crippen molar-refractivity contribution >= 4 is 33.6 Å². The van der Waals surface area contributed by atoms with E-state index in [1.54, 1.807) is 6.07 Å². The van der Waals surface area contributed by atoms with E-state index in [1.165, 1.54) is 0 Å². The first-order chi connectivity index (χ1) is 7.61. The van der Waals surface area contributed by atoms with Crippen LogP contribution in [-0.2, 0) is 0 Å². The Morgan fingerprint density at radius 1 is 1.56 bits per heavy atom. The number of hydrogen-bond donors (Lipinski definition) is 2. The van der Waals surface area contributed by atoms with Gasteiger partial charge in [-0.05, 0) is 34.5 Å². The molecule has 0 saturated carbocycles. The molecule has 2 N–H and O–H groups in total. The van der Waals surface area contributed by atoms with Crippen LogP contribution in [0.3, 0.4) is 0 Å². The molecule has 16 heavy (non-hydrogen) atoms. The Hall–Kier alpha value is -0.940. The van der Waals surface area contributed by atoms with Gasteiger partial charge in [0.05, 0.1) is 11.6 Å². The van der Waals surface area contributed by atoms with Crippen LogP contribution in [0.25, 0.3) is 0 Å². The van der Waals surface area contributed by atoms with Gasteiger partial charge in [-0.2, -0.15) is 0 Å². The molecule has 0 unspecified atom stereocenters. The molecule has 4 nitrogen and oxygen atoms in total. The van der Waals surface area contributed by atoms with Gasteiger partial charge in [-0.25, -0.2) is 4.79 Å². The lowest BCUT2D eigenvalue weighted by Crippen LogP contribution is -2.23. The van der Waals surface area contributed by atoms with Crippen LogP contribution in [0.1, 0.15) is 6.42 Å². The van der Waals surface area contributed by atoms with E-state index < -0.39 is 6.09 Å². The first-order valence-electron chi connectivity index (χ1n) is 4.65. The molecule has 88 valence electrons. The smallest absolute Gasteiger partial charge is 0.404 e. The molecule has 0 aliphatic carbocycles. The minimum absolute atomic E-state index is 0.362. The van der Waals surface area contributed by atoms with Gasteiger partial charge in [-0.3, -0.25) is 0 Å². The lowest BCUT2D eigenvalue weighted by molar-refractivity contribution is 0.193. The zero-order valence-electron chi connectivity index (χ0n) is 8.37. The number of amides is 1. The fraction of sp³-hybridized carbons (Fsp3) is 0.300. The lowest BCUT2D eigenvalue weighted by Gasteiger charge is -2.08. The molecule has 1 rings (SSSR count). The molecule has 0 aliphatic rings. The van der Waals surface area contributed by atoms with Crippen molar-refractivity contribution in [2.75, 3.05) is 13.2 Å². The van der Waals surface area contributed by atoms with E-state index in [2.05, 4.69) is 21.2 Å². The third-order valence-electron chi connectivity index (χ3n) is 1.77. The summed E-state index contributed by atoms with van der Waals surface area (Å²) in [7, 11) is 0. The van der Waals surface area contributed by atoms with Gasteiger partial charge in [0.25, 0.3) is 0 Å². The molecule has 6 heteroatoms. The molecule has 0 atom stereocenters. The van der Waals surface area contributed by atoms with Gasteiger partial charge >= 0.3 is 6.09 Å². The highest BCUT2D eigenvalue weighted by Crippen LogP contribution is 2.31. The van der Waals surface area contributed by atoms with E-state index in [4.69, 9.17) is 21.4 Å². The topological polar surface area (TPSA) is 58.6 Å². The van der Waals surface area contributed by atoms with Gasteiger partial charge in [0.2, 0.25) is 0 Å². The SMILES string of the molecule is O=C(O)NCCCOc1cccc(Br)c1Cl. The van der Waals surface area contributed by atoms with Crippen molar-refractivity contribution in [3.05, 3.63) is 27.7 Å². The minimum atomic E-state index is -1.03. The number of hydrogen-bond acceptors (Lipinski definition) is 2. The lowest BCUT2D eigenvalue weighted by atomic mass is 10.3. The highest BCUT2D eigenvalue weighted by molar-refractivity contribution is 9.10. The maximum atomic E-state index is 10.2. The third kappa shape index (κ3) is 4.28. The molecule has 0 aromatic heterocycles. The van der Waals surface area contributed by atoms with Gasteiger partial charge in [0, 0.05) is 11.0 Å².